The number of carbonyl (C=O) groups excluding carboxylic acids is 1. The van der Waals surface area contributed by atoms with Crippen molar-refractivity contribution in [1.82, 2.24) is 0 Å². The summed E-state index contributed by atoms with van der Waals surface area (Å²) in [6.07, 6.45) is 0. The predicted molar refractivity (Wildman–Crippen MR) is 164 cm³/mol. The van der Waals surface area contributed by atoms with Crippen molar-refractivity contribution in [3.05, 3.63) is 112 Å². The van der Waals surface area contributed by atoms with Gasteiger partial charge in [0, 0.05) is 16.4 Å². The zero-order chi connectivity index (χ0) is 29.9. The van der Waals surface area contributed by atoms with E-state index in [-0.39, 0.29) is 9.79 Å². The van der Waals surface area contributed by atoms with E-state index >= 15 is 0 Å². The fraction of sp³-hybridized carbons (Fsp3) is 0.167. The number of carbonyl (C=O) groups is 1. The van der Waals surface area contributed by atoms with Gasteiger partial charge in [0.25, 0.3) is 20.0 Å². The minimum Gasteiger partial charge on any atom is -0.325 e. The van der Waals surface area contributed by atoms with Crippen molar-refractivity contribution in [1.29, 1.82) is 0 Å². The Balaban J connectivity index is 1.55. The van der Waals surface area contributed by atoms with E-state index < -0.39 is 32.5 Å². The molecule has 2 N–H and O–H groups in total. The fourth-order valence-corrected chi connectivity index (χ4v) is 6.86. The fourth-order valence-electron chi connectivity index (χ4n) is 4.10. The molecule has 0 heterocycles. The monoisotopic (exact) mass is 611 g/mol. The van der Waals surface area contributed by atoms with Crippen molar-refractivity contribution in [3.8, 4) is 0 Å². The van der Waals surface area contributed by atoms with Crippen LogP contribution in [0.15, 0.2) is 94.7 Å². The molecule has 0 atom stereocenters. The molecule has 11 heteroatoms. The molecular weight excluding hydrogens is 582 g/mol. The number of anilines is 3. The van der Waals surface area contributed by atoms with Crippen LogP contribution < -0.4 is 14.3 Å². The van der Waals surface area contributed by atoms with Crippen LogP contribution >= 0.6 is 11.6 Å². The molecule has 0 saturated carbocycles. The summed E-state index contributed by atoms with van der Waals surface area (Å²) in [5.74, 6) is -0.612. The molecule has 0 aliphatic rings. The van der Waals surface area contributed by atoms with Gasteiger partial charge in [0.05, 0.1) is 15.5 Å². The Morgan fingerprint density at radius 1 is 0.707 bits per heavy atom. The Hall–Kier alpha value is -3.86. The summed E-state index contributed by atoms with van der Waals surface area (Å²) in [7, 11) is -7.98. The van der Waals surface area contributed by atoms with Crippen molar-refractivity contribution >= 4 is 54.6 Å². The minimum atomic E-state index is -4.11. The van der Waals surface area contributed by atoms with Crippen LogP contribution in [-0.2, 0) is 24.8 Å². The van der Waals surface area contributed by atoms with Crippen LogP contribution in [0.1, 0.15) is 22.3 Å². The maximum absolute atomic E-state index is 13.7. The van der Waals surface area contributed by atoms with Crippen molar-refractivity contribution in [2.75, 3.05) is 20.9 Å². The number of hydrogen-bond acceptors (Lipinski definition) is 5. The zero-order valence-corrected chi connectivity index (χ0v) is 25.4. The van der Waals surface area contributed by atoms with E-state index in [0.717, 1.165) is 21.0 Å². The number of nitrogens with one attached hydrogen (secondary N) is 2. The van der Waals surface area contributed by atoms with E-state index in [1.807, 2.05) is 26.8 Å². The Bertz CT molecular complexity index is 1810. The van der Waals surface area contributed by atoms with Gasteiger partial charge in [-0.25, -0.2) is 16.8 Å². The quantitative estimate of drug-likeness (QED) is 0.234. The van der Waals surface area contributed by atoms with Gasteiger partial charge in [-0.2, -0.15) is 0 Å². The molecule has 0 fully saturated rings. The van der Waals surface area contributed by atoms with Gasteiger partial charge in [-0.1, -0.05) is 35.4 Å². The van der Waals surface area contributed by atoms with E-state index in [9.17, 15) is 21.6 Å². The standard InChI is InChI=1S/C30H30ClN3O5S2/c1-20-5-12-28(13-6-20)41(38,39)34(29-16-8-24(31)17-23(29)4)19-30(35)32-25-10-14-27(15-11-25)40(36,37)33-26-9-7-21(2)22(3)18-26/h5-18,33H,19H2,1-4H3,(H,32,35). The topological polar surface area (TPSA) is 113 Å². The molecule has 0 bridgehead atoms. The SMILES string of the molecule is Cc1ccc(S(=O)(=O)N(CC(=O)Nc2ccc(S(=O)(=O)Nc3ccc(C)c(C)c3)cc2)c2ccc(Cl)cc2C)cc1. The van der Waals surface area contributed by atoms with E-state index in [1.54, 1.807) is 49.4 Å². The molecule has 1 amide bonds. The molecule has 8 nitrogen and oxygen atoms in total. The van der Waals surface area contributed by atoms with Gasteiger partial charge >= 0.3 is 0 Å². The van der Waals surface area contributed by atoms with Gasteiger partial charge < -0.3 is 5.32 Å². The average molecular weight is 612 g/mol. The molecule has 4 aromatic rings. The number of benzene rings is 4. The van der Waals surface area contributed by atoms with Crippen molar-refractivity contribution in [2.45, 2.75) is 37.5 Å². The van der Waals surface area contributed by atoms with Gasteiger partial charge in [-0.05, 0) is 111 Å². The van der Waals surface area contributed by atoms with Crippen LogP contribution in [0.2, 0.25) is 5.02 Å². The highest BCUT2D eigenvalue weighted by atomic mass is 35.5. The minimum absolute atomic E-state index is 0.00842. The van der Waals surface area contributed by atoms with Crippen LogP contribution in [0.3, 0.4) is 0 Å². The molecule has 4 aromatic carbocycles. The van der Waals surface area contributed by atoms with Crippen molar-refractivity contribution in [3.63, 3.8) is 0 Å². The first kappa shape index (κ1) is 30.1. The molecule has 0 radical (unpaired) electrons. The molecule has 0 aromatic heterocycles. The summed E-state index contributed by atoms with van der Waals surface area (Å²) in [6, 6.07) is 22.0. The lowest BCUT2D eigenvalue weighted by Crippen LogP contribution is -2.38. The smallest absolute Gasteiger partial charge is 0.264 e. The van der Waals surface area contributed by atoms with Crippen LogP contribution in [0, 0.1) is 27.7 Å². The number of amides is 1. The molecule has 0 aliphatic heterocycles. The summed E-state index contributed by atoms with van der Waals surface area (Å²) in [6.45, 7) is 6.87. The number of halogens is 1. The summed E-state index contributed by atoms with van der Waals surface area (Å²) >= 11 is 6.09. The molecular formula is C30H30ClN3O5S2. The molecule has 0 unspecified atom stereocenters. The van der Waals surface area contributed by atoms with Crippen molar-refractivity contribution in [2.24, 2.45) is 0 Å². The Kier molecular flexibility index (Phi) is 8.77. The van der Waals surface area contributed by atoms with Gasteiger partial charge in [-0.15, -0.1) is 0 Å². The lowest BCUT2D eigenvalue weighted by atomic mass is 10.1. The highest BCUT2D eigenvalue weighted by Crippen LogP contribution is 2.29. The summed E-state index contributed by atoms with van der Waals surface area (Å²) in [4.78, 5) is 13.2. The van der Waals surface area contributed by atoms with Gasteiger partial charge in [-0.3, -0.25) is 13.8 Å². The normalized spacial score (nSPS) is 11.6. The Morgan fingerprint density at radius 3 is 1.93 bits per heavy atom. The van der Waals surface area contributed by atoms with Gasteiger partial charge in [0.15, 0.2) is 0 Å². The maximum atomic E-state index is 13.7. The number of sulfonamides is 2. The highest BCUT2D eigenvalue weighted by Gasteiger charge is 2.28. The first-order chi connectivity index (χ1) is 19.3. The molecule has 0 spiro atoms. The molecule has 0 saturated heterocycles. The van der Waals surface area contributed by atoms with Gasteiger partial charge in [0.1, 0.15) is 6.54 Å². The Morgan fingerprint density at radius 2 is 1.32 bits per heavy atom. The van der Waals surface area contributed by atoms with E-state index in [4.69, 9.17) is 11.6 Å². The second-order valence-electron chi connectivity index (χ2n) is 9.73. The number of nitrogens with zero attached hydrogens (tertiary/aromatic N) is 1. The first-order valence-corrected chi connectivity index (χ1v) is 15.9. The third kappa shape index (κ3) is 7.08. The molecule has 4 rings (SSSR count). The largest absolute Gasteiger partial charge is 0.325 e. The Labute approximate surface area is 246 Å². The van der Waals surface area contributed by atoms with Crippen LogP contribution in [0.5, 0.6) is 0 Å². The summed E-state index contributed by atoms with van der Waals surface area (Å²) < 4.78 is 56.6. The maximum Gasteiger partial charge on any atom is 0.264 e. The molecule has 214 valence electrons. The number of rotatable bonds is 9. The van der Waals surface area contributed by atoms with E-state index in [1.165, 1.54) is 36.4 Å². The van der Waals surface area contributed by atoms with Crippen molar-refractivity contribution < 1.29 is 21.6 Å². The lowest BCUT2D eigenvalue weighted by molar-refractivity contribution is -0.114. The van der Waals surface area contributed by atoms with E-state index in [2.05, 4.69) is 10.0 Å². The third-order valence-corrected chi connectivity index (χ3v) is 9.94. The highest BCUT2D eigenvalue weighted by molar-refractivity contribution is 7.93. The predicted octanol–water partition coefficient (Wildman–Crippen LogP) is 6.21. The van der Waals surface area contributed by atoms with Crippen LogP contribution in [0.4, 0.5) is 17.1 Å². The lowest BCUT2D eigenvalue weighted by Gasteiger charge is -2.26. The third-order valence-electron chi connectivity index (χ3n) is 6.53. The second-order valence-corrected chi connectivity index (χ2v) is 13.7. The number of aryl methyl sites for hydroxylation is 4. The first-order valence-electron chi connectivity index (χ1n) is 12.6. The molecule has 41 heavy (non-hydrogen) atoms. The van der Waals surface area contributed by atoms with Gasteiger partial charge in [0.2, 0.25) is 5.91 Å². The zero-order valence-electron chi connectivity index (χ0n) is 23.0. The van der Waals surface area contributed by atoms with E-state index in [0.29, 0.717) is 27.6 Å². The summed E-state index contributed by atoms with van der Waals surface area (Å²) in [5.41, 5.74) is 4.53. The molecule has 0 aliphatic carbocycles. The van der Waals surface area contributed by atoms with Crippen LogP contribution in [0.25, 0.3) is 0 Å². The second kappa shape index (κ2) is 11.9. The average Bonchev–Trinajstić information content (AvgIpc) is 2.90. The van der Waals surface area contributed by atoms with Crippen LogP contribution in [-0.4, -0.2) is 29.3 Å². The summed E-state index contributed by atoms with van der Waals surface area (Å²) in [5, 5.41) is 3.10. The number of hydrogen-bond donors (Lipinski definition) is 2.